The van der Waals surface area contributed by atoms with Crippen LogP contribution in [0.4, 0.5) is 25.0 Å². The van der Waals surface area contributed by atoms with Gasteiger partial charge in [0.15, 0.2) is 0 Å². The molecule has 0 aromatic heterocycles. The summed E-state index contributed by atoms with van der Waals surface area (Å²) in [7, 11) is 0. The minimum atomic E-state index is -0.775. The lowest BCUT2D eigenvalue weighted by Crippen LogP contribution is -2.50. The monoisotopic (exact) mass is 373 g/mol. The first-order valence-corrected chi connectivity index (χ1v) is 9.22. The van der Waals surface area contributed by atoms with Crippen molar-refractivity contribution >= 4 is 17.4 Å². The third-order valence-corrected chi connectivity index (χ3v) is 4.95. The van der Waals surface area contributed by atoms with Crippen LogP contribution in [-0.2, 0) is 0 Å². The summed E-state index contributed by atoms with van der Waals surface area (Å²) in [6, 6.07) is 9.10. The number of urea groups is 1. The highest BCUT2D eigenvalue weighted by Crippen LogP contribution is 2.31. The van der Waals surface area contributed by atoms with Gasteiger partial charge in [0.2, 0.25) is 0 Å². The van der Waals surface area contributed by atoms with E-state index in [0.717, 1.165) is 12.1 Å². The molecule has 0 radical (unpaired) electrons. The van der Waals surface area contributed by atoms with Crippen LogP contribution < -0.4 is 10.2 Å². The Hall–Kier alpha value is -2.63. The number of hydrogen-bond acceptors (Lipinski definition) is 2. The average molecular weight is 373 g/mol. The summed E-state index contributed by atoms with van der Waals surface area (Å²) in [4.78, 5) is 16.4. The van der Waals surface area contributed by atoms with Gasteiger partial charge in [-0.3, -0.25) is 0 Å². The van der Waals surface area contributed by atoms with Crippen LogP contribution in [-0.4, -0.2) is 37.1 Å². The first-order chi connectivity index (χ1) is 12.9. The van der Waals surface area contributed by atoms with Crippen molar-refractivity contribution in [2.45, 2.75) is 26.7 Å². The summed E-state index contributed by atoms with van der Waals surface area (Å²) < 4.78 is 26.7. The van der Waals surface area contributed by atoms with Gasteiger partial charge in [-0.15, -0.1) is 0 Å². The first kappa shape index (κ1) is 19.1. The third-order valence-electron chi connectivity index (χ3n) is 4.95. The van der Waals surface area contributed by atoms with E-state index in [9.17, 15) is 13.6 Å². The van der Waals surface area contributed by atoms with Crippen LogP contribution >= 0.6 is 0 Å². The largest absolute Gasteiger partial charge is 0.368 e. The maximum absolute atomic E-state index is 13.7. The molecule has 1 heterocycles. The average Bonchev–Trinajstić information content (AvgIpc) is 2.64. The first-order valence-electron chi connectivity index (χ1n) is 9.22. The summed E-state index contributed by atoms with van der Waals surface area (Å²) in [5.74, 6) is -1.02. The molecule has 1 aliphatic rings. The highest BCUT2D eigenvalue weighted by Gasteiger charge is 2.24. The van der Waals surface area contributed by atoms with Gasteiger partial charge >= 0.3 is 6.03 Å². The number of para-hydroxylation sites is 1. The molecule has 0 spiro atoms. The van der Waals surface area contributed by atoms with E-state index >= 15 is 0 Å². The van der Waals surface area contributed by atoms with Gasteiger partial charge in [0, 0.05) is 37.9 Å². The Morgan fingerprint density at radius 2 is 1.78 bits per heavy atom. The highest BCUT2D eigenvalue weighted by atomic mass is 19.1. The molecule has 1 saturated heterocycles. The fraction of sp³-hybridized carbons (Fsp3) is 0.381. The molecule has 1 aliphatic heterocycles. The maximum atomic E-state index is 13.7. The molecule has 6 heteroatoms. The predicted molar refractivity (Wildman–Crippen MR) is 104 cm³/mol. The van der Waals surface area contributed by atoms with Crippen molar-refractivity contribution in [3.63, 3.8) is 0 Å². The molecule has 1 N–H and O–H groups in total. The Morgan fingerprint density at radius 3 is 2.41 bits per heavy atom. The van der Waals surface area contributed by atoms with E-state index in [1.54, 1.807) is 4.90 Å². The van der Waals surface area contributed by atoms with Crippen LogP contribution in [0.25, 0.3) is 0 Å². The Kier molecular flexibility index (Phi) is 5.63. The zero-order chi connectivity index (χ0) is 19.6. The molecule has 144 valence electrons. The van der Waals surface area contributed by atoms with Crippen molar-refractivity contribution in [2.75, 3.05) is 36.4 Å². The van der Waals surface area contributed by atoms with Gasteiger partial charge in [-0.05, 0) is 36.1 Å². The molecule has 3 rings (SSSR count). The number of nitrogens with zero attached hydrogens (tertiary/aromatic N) is 2. The molecule has 0 unspecified atom stereocenters. The van der Waals surface area contributed by atoms with Crippen LogP contribution in [0.3, 0.4) is 0 Å². The number of piperazine rings is 1. The van der Waals surface area contributed by atoms with Crippen LogP contribution in [0.1, 0.15) is 30.9 Å². The number of halogens is 2. The lowest BCUT2D eigenvalue weighted by Gasteiger charge is -2.38. The molecule has 4 nitrogen and oxygen atoms in total. The second-order valence-electron chi connectivity index (χ2n) is 7.20. The molecule has 0 aliphatic carbocycles. The van der Waals surface area contributed by atoms with Gasteiger partial charge in [-0.25, -0.2) is 13.6 Å². The molecule has 27 heavy (non-hydrogen) atoms. The quantitative estimate of drug-likeness (QED) is 0.843. The van der Waals surface area contributed by atoms with Crippen molar-refractivity contribution in [1.82, 2.24) is 4.90 Å². The number of nitrogens with one attached hydrogen (secondary N) is 1. The van der Waals surface area contributed by atoms with Crippen molar-refractivity contribution in [2.24, 2.45) is 0 Å². The standard InChI is InChI=1S/C21H25F2N3O/c1-14(2)17-6-4-5-15(3)20(17)25-9-11-26(12-10-25)21(27)24-19-8-7-16(22)13-18(19)23/h4-8,13-14H,9-12H2,1-3H3,(H,24,27). The number of amides is 2. The molecule has 1 fully saturated rings. The smallest absolute Gasteiger partial charge is 0.322 e. The second-order valence-corrected chi connectivity index (χ2v) is 7.20. The number of rotatable bonds is 3. The third kappa shape index (κ3) is 4.21. The van der Waals surface area contributed by atoms with E-state index in [4.69, 9.17) is 0 Å². The minimum absolute atomic E-state index is 0.00942. The minimum Gasteiger partial charge on any atom is -0.368 e. The van der Waals surface area contributed by atoms with E-state index in [-0.39, 0.29) is 11.7 Å². The second kappa shape index (κ2) is 7.94. The molecular weight excluding hydrogens is 348 g/mol. The summed E-state index contributed by atoms with van der Waals surface area (Å²) >= 11 is 0. The van der Waals surface area contributed by atoms with E-state index in [2.05, 4.69) is 49.2 Å². The Balaban J connectivity index is 1.66. The van der Waals surface area contributed by atoms with Crippen molar-refractivity contribution < 1.29 is 13.6 Å². The normalized spacial score (nSPS) is 14.6. The summed E-state index contributed by atoms with van der Waals surface area (Å²) in [6.07, 6.45) is 0. The molecule has 2 aromatic rings. The van der Waals surface area contributed by atoms with E-state index < -0.39 is 11.6 Å². The van der Waals surface area contributed by atoms with E-state index in [1.165, 1.54) is 22.9 Å². The van der Waals surface area contributed by atoms with Crippen molar-refractivity contribution in [3.8, 4) is 0 Å². The number of carbonyl (C=O) groups is 1. The predicted octanol–water partition coefficient (Wildman–Crippen LogP) is 4.75. The number of carbonyl (C=O) groups excluding carboxylic acids is 1. The van der Waals surface area contributed by atoms with E-state index in [1.807, 2.05) is 0 Å². The summed E-state index contributed by atoms with van der Waals surface area (Å²) in [5.41, 5.74) is 3.77. The molecular formula is C21H25F2N3O. The van der Waals surface area contributed by atoms with Crippen molar-refractivity contribution in [3.05, 3.63) is 59.2 Å². The number of anilines is 2. The summed E-state index contributed by atoms with van der Waals surface area (Å²) in [6.45, 7) is 8.98. The zero-order valence-electron chi connectivity index (χ0n) is 15.9. The fourth-order valence-electron chi connectivity index (χ4n) is 3.50. The fourth-order valence-corrected chi connectivity index (χ4v) is 3.50. The van der Waals surface area contributed by atoms with Crippen LogP contribution in [0.15, 0.2) is 36.4 Å². The van der Waals surface area contributed by atoms with Gasteiger partial charge in [-0.1, -0.05) is 32.0 Å². The molecule has 2 aromatic carbocycles. The Labute approximate surface area is 158 Å². The van der Waals surface area contributed by atoms with Gasteiger partial charge in [-0.2, -0.15) is 0 Å². The number of benzene rings is 2. The zero-order valence-corrected chi connectivity index (χ0v) is 15.9. The van der Waals surface area contributed by atoms with Gasteiger partial charge < -0.3 is 15.1 Å². The van der Waals surface area contributed by atoms with Gasteiger partial charge in [0.25, 0.3) is 0 Å². The topological polar surface area (TPSA) is 35.6 Å². The summed E-state index contributed by atoms with van der Waals surface area (Å²) in [5, 5.41) is 2.53. The van der Waals surface area contributed by atoms with Crippen LogP contribution in [0.2, 0.25) is 0 Å². The van der Waals surface area contributed by atoms with Gasteiger partial charge in [0.05, 0.1) is 5.69 Å². The lowest BCUT2D eigenvalue weighted by atomic mass is 9.97. The van der Waals surface area contributed by atoms with Crippen LogP contribution in [0.5, 0.6) is 0 Å². The molecule has 2 amide bonds. The maximum Gasteiger partial charge on any atom is 0.322 e. The van der Waals surface area contributed by atoms with E-state index in [0.29, 0.717) is 32.1 Å². The number of aryl methyl sites for hydroxylation is 1. The van der Waals surface area contributed by atoms with Gasteiger partial charge in [0.1, 0.15) is 11.6 Å². The SMILES string of the molecule is Cc1cccc(C(C)C)c1N1CCN(C(=O)Nc2ccc(F)cc2F)CC1. The highest BCUT2D eigenvalue weighted by molar-refractivity contribution is 5.89. The van der Waals surface area contributed by atoms with Crippen molar-refractivity contribution in [1.29, 1.82) is 0 Å². The van der Waals surface area contributed by atoms with Crippen LogP contribution in [0, 0.1) is 18.6 Å². The molecule has 0 bridgehead atoms. The molecule has 0 saturated carbocycles. The Morgan fingerprint density at radius 1 is 1.07 bits per heavy atom. The molecule has 0 atom stereocenters. The lowest BCUT2D eigenvalue weighted by molar-refractivity contribution is 0.208. The Bertz CT molecular complexity index is 830. The number of hydrogen-bond donors (Lipinski definition) is 1.